The van der Waals surface area contributed by atoms with Crippen LogP contribution in [0.15, 0.2) is 0 Å². The zero-order valence-electron chi connectivity index (χ0n) is 11.6. The molecule has 0 fully saturated rings. The van der Waals surface area contributed by atoms with Gasteiger partial charge in [0.25, 0.3) is 0 Å². The lowest BCUT2D eigenvalue weighted by Gasteiger charge is -2.22. The van der Waals surface area contributed by atoms with Crippen molar-refractivity contribution in [2.24, 2.45) is 0 Å². The molecular formula is C13H23N5. The normalized spacial score (nSPS) is 14.2. The van der Waals surface area contributed by atoms with Crippen LogP contribution in [-0.4, -0.2) is 37.2 Å². The first kappa shape index (κ1) is 13.1. The van der Waals surface area contributed by atoms with Crippen molar-refractivity contribution in [3.63, 3.8) is 0 Å². The first-order chi connectivity index (χ1) is 8.72. The molecule has 2 N–H and O–H groups in total. The number of hydrogen-bond donors (Lipinski definition) is 2. The molecule has 1 aromatic heterocycles. The summed E-state index contributed by atoms with van der Waals surface area (Å²) in [5.41, 5.74) is 2.43. The van der Waals surface area contributed by atoms with Crippen molar-refractivity contribution < 1.29 is 0 Å². The molecule has 0 spiro atoms. The Balaban J connectivity index is 2.26. The van der Waals surface area contributed by atoms with E-state index in [1.54, 1.807) is 0 Å². The number of rotatable bonds is 5. The second kappa shape index (κ2) is 6.00. The van der Waals surface area contributed by atoms with Gasteiger partial charge in [-0.1, -0.05) is 13.3 Å². The summed E-state index contributed by atoms with van der Waals surface area (Å²) in [5, 5.41) is 6.84. The van der Waals surface area contributed by atoms with Crippen LogP contribution in [0.4, 0.5) is 11.8 Å². The van der Waals surface area contributed by atoms with E-state index in [1.165, 1.54) is 24.1 Å². The van der Waals surface area contributed by atoms with E-state index >= 15 is 0 Å². The maximum absolute atomic E-state index is 4.64. The molecule has 5 heteroatoms. The van der Waals surface area contributed by atoms with Crippen LogP contribution in [0.2, 0.25) is 0 Å². The van der Waals surface area contributed by atoms with Gasteiger partial charge in [0, 0.05) is 45.7 Å². The van der Waals surface area contributed by atoms with Crippen molar-refractivity contribution in [1.82, 2.24) is 15.3 Å². The molecule has 0 saturated carbocycles. The lowest BCUT2D eigenvalue weighted by Crippen LogP contribution is -2.28. The molecule has 0 amide bonds. The molecule has 100 valence electrons. The van der Waals surface area contributed by atoms with E-state index in [9.17, 15) is 0 Å². The van der Waals surface area contributed by atoms with Crippen molar-refractivity contribution in [2.45, 2.75) is 32.7 Å². The van der Waals surface area contributed by atoms with Gasteiger partial charge in [0.15, 0.2) is 0 Å². The zero-order chi connectivity index (χ0) is 13.0. The molecule has 0 aliphatic carbocycles. The number of aromatic nitrogens is 2. The molecular weight excluding hydrogens is 226 g/mol. The van der Waals surface area contributed by atoms with Gasteiger partial charge in [-0.25, -0.2) is 4.98 Å². The third-order valence-electron chi connectivity index (χ3n) is 3.14. The summed E-state index contributed by atoms with van der Waals surface area (Å²) in [6, 6.07) is 0. The van der Waals surface area contributed by atoms with Gasteiger partial charge in [-0.2, -0.15) is 4.98 Å². The SMILES string of the molecule is CCCCNc1nc(N(C)C)nc2c1CNCC2. The summed E-state index contributed by atoms with van der Waals surface area (Å²) < 4.78 is 0. The maximum atomic E-state index is 4.64. The Morgan fingerprint density at radius 2 is 2.17 bits per heavy atom. The predicted octanol–water partition coefficient (Wildman–Crippen LogP) is 1.40. The smallest absolute Gasteiger partial charge is 0.227 e. The highest BCUT2D eigenvalue weighted by Crippen LogP contribution is 2.22. The van der Waals surface area contributed by atoms with E-state index < -0.39 is 0 Å². The van der Waals surface area contributed by atoms with Gasteiger partial charge >= 0.3 is 0 Å². The van der Waals surface area contributed by atoms with Gasteiger partial charge in [-0.3, -0.25) is 0 Å². The number of nitrogens with zero attached hydrogens (tertiary/aromatic N) is 3. The van der Waals surface area contributed by atoms with E-state index in [0.29, 0.717) is 0 Å². The summed E-state index contributed by atoms with van der Waals surface area (Å²) >= 11 is 0. The summed E-state index contributed by atoms with van der Waals surface area (Å²) in [7, 11) is 3.97. The van der Waals surface area contributed by atoms with E-state index in [4.69, 9.17) is 0 Å². The quantitative estimate of drug-likeness (QED) is 0.773. The maximum Gasteiger partial charge on any atom is 0.227 e. The highest BCUT2D eigenvalue weighted by molar-refractivity contribution is 5.51. The van der Waals surface area contributed by atoms with Crippen molar-refractivity contribution in [3.8, 4) is 0 Å². The Labute approximate surface area is 109 Å². The fourth-order valence-corrected chi connectivity index (χ4v) is 2.06. The van der Waals surface area contributed by atoms with Gasteiger partial charge in [0.05, 0.1) is 5.69 Å². The van der Waals surface area contributed by atoms with Crippen LogP contribution in [-0.2, 0) is 13.0 Å². The molecule has 2 heterocycles. The molecule has 1 aliphatic heterocycles. The summed E-state index contributed by atoms with van der Waals surface area (Å²) in [6.45, 7) is 5.06. The number of hydrogen-bond acceptors (Lipinski definition) is 5. The summed E-state index contributed by atoms with van der Waals surface area (Å²) in [6.07, 6.45) is 3.35. The summed E-state index contributed by atoms with van der Waals surface area (Å²) in [4.78, 5) is 11.2. The minimum atomic E-state index is 0.801. The Morgan fingerprint density at radius 3 is 2.89 bits per heavy atom. The van der Waals surface area contributed by atoms with Crippen LogP contribution in [0.3, 0.4) is 0 Å². The molecule has 0 radical (unpaired) electrons. The standard InChI is InChI=1S/C13H23N5/c1-4-5-7-15-12-10-9-14-8-6-11(10)16-13(17-12)18(2)3/h14H,4-9H2,1-3H3,(H,15,16,17). The fraction of sp³-hybridized carbons (Fsp3) is 0.692. The molecule has 5 nitrogen and oxygen atoms in total. The second-order valence-corrected chi connectivity index (χ2v) is 4.90. The van der Waals surface area contributed by atoms with E-state index in [-0.39, 0.29) is 0 Å². The minimum absolute atomic E-state index is 0.801. The third-order valence-corrected chi connectivity index (χ3v) is 3.14. The minimum Gasteiger partial charge on any atom is -0.370 e. The van der Waals surface area contributed by atoms with Crippen molar-refractivity contribution in [3.05, 3.63) is 11.3 Å². The molecule has 1 aliphatic rings. The van der Waals surface area contributed by atoms with Crippen LogP contribution >= 0.6 is 0 Å². The number of anilines is 2. The summed E-state index contributed by atoms with van der Waals surface area (Å²) in [5.74, 6) is 1.80. The molecule has 0 aromatic carbocycles. The molecule has 1 aromatic rings. The van der Waals surface area contributed by atoms with Crippen molar-refractivity contribution in [1.29, 1.82) is 0 Å². The Hall–Kier alpha value is -1.36. The van der Waals surface area contributed by atoms with E-state index in [2.05, 4.69) is 27.5 Å². The van der Waals surface area contributed by atoms with Crippen molar-refractivity contribution >= 4 is 11.8 Å². The van der Waals surface area contributed by atoms with Gasteiger partial charge in [-0.15, -0.1) is 0 Å². The number of unbranched alkanes of at least 4 members (excludes halogenated alkanes) is 1. The lowest BCUT2D eigenvalue weighted by atomic mass is 10.1. The molecule has 2 rings (SSSR count). The first-order valence-electron chi connectivity index (χ1n) is 6.74. The van der Waals surface area contributed by atoms with Gasteiger partial charge < -0.3 is 15.5 Å². The Morgan fingerprint density at radius 1 is 1.33 bits per heavy atom. The van der Waals surface area contributed by atoms with Gasteiger partial charge in [-0.05, 0) is 6.42 Å². The van der Waals surface area contributed by atoms with E-state index in [0.717, 1.165) is 37.8 Å². The first-order valence-corrected chi connectivity index (χ1v) is 6.74. The second-order valence-electron chi connectivity index (χ2n) is 4.90. The van der Waals surface area contributed by atoms with Crippen LogP contribution < -0.4 is 15.5 Å². The predicted molar refractivity (Wildman–Crippen MR) is 75.2 cm³/mol. The van der Waals surface area contributed by atoms with Gasteiger partial charge in [0.1, 0.15) is 5.82 Å². The molecule has 0 saturated heterocycles. The molecule has 0 atom stereocenters. The average Bonchev–Trinajstić information content (AvgIpc) is 2.38. The van der Waals surface area contributed by atoms with Crippen LogP contribution in [0.1, 0.15) is 31.0 Å². The van der Waals surface area contributed by atoms with Crippen molar-refractivity contribution in [2.75, 3.05) is 37.4 Å². The van der Waals surface area contributed by atoms with Crippen LogP contribution in [0, 0.1) is 0 Å². The number of fused-ring (bicyclic) bond motifs is 1. The third kappa shape index (κ3) is 2.90. The molecule has 0 unspecified atom stereocenters. The largest absolute Gasteiger partial charge is 0.370 e. The van der Waals surface area contributed by atoms with Crippen LogP contribution in [0.25, 0.3) is 0 Å². The number of nitrogens with one attached hydrogen (secondary N) is 2. The highest BCUT2D eigenvalue weighted by atomic mass is 15.2. The fourth-order valence-electron chi connectivity index (χ4n) is 2.06. The van der Waals surface area contributed by atoms with Crippen LogP contribution in [0.5, 0.6) is 0 Å². The van der Waals surface area contributed by atoms with E-state index in [1.807, 2.05) is 19.0 Å². The molecule has 18 heavy (non-hydrogen) atoms. The zero-order valence-corrected chi connectivity index (χ0v) is 11.6. The Bertz CT molecular complexity index is 403. The Kier molecular flexibility index (Phi) is 4.36. The monoisotopic (exact) mass is 249 g/mol. The lowest BCUT2D eigenvalue weighted by molar-refractivity contribution is 0.626. The highest BCUT2D eigenvalue weighted by Gasteiger charge is 2.17. The van der Waals surface area contributed by atoms with Gasteiger partial charge in [0.2, 0.25) is 5.95 Å². The topological polar surface area (TPSA) is 53.1 Å². The molecule has 0 bridgehead atoms. The average molecular weight is 249 g/mol.